The number of benzene rings is 1. The number of halogens is 2. The average Bonchev–Trinajstić information content (AvgIpc) is 2.26. The van der Waals surface area contributed by atoms with Crippen LogP contribution in [0.3, 0.4) is 0 Å². The Morgan fingerprint density at radius 3 is 2.31 bits per heavy atom. The zero-order valence-electron chi connectivity index (χ0n) is 8.98. The Hall–Kier alpha value is -1.13. The van der Waals surface area contributed by atoms with Crippen molar-refractivity contribution in [2.24, 2.45) is 5.73 Å². The number of carbonyl (C=O) groups excluding carboxylic acids is 1. The standard InChI is InChI=1S/C11H14FNO2.ClH/c1-8(13)11(14)15-7-10-4-2-9(6-12)3-5-10;/h2-5,8H,6-7,13H2,1H3;1H/t8-;/m0./s1. The first-order valence-electron chi connectivity index (χ1n) is 4.69. The van der Waals surface area contributed by atoms with Crippen LogP contribution in [0.5, 0.6) is 0 Å². The van der Waals surface area contributed by atoms with Gasteiger partial charge in [0.25, 0.3) is 0 Å². The Balaban J connectivity index is 0.00000225. The topological polar surface area (TPSA) is 52.3 Å². The minimum absolute atomic E-state index is 0. The van der Waals surface area contributed by atoms with E-state index >= 15 is 0 Å². The second-order valence-corrected chi connectivity index (χ2v) is 3.35. The Labute approximate surface area is 100 Å². The van der Waals surface area contributed by atoms with Crippen molar-refractivity contribution in [3.05, 3.63) is 35.4 Å². The van der Waals surface area contributed by atoms with E-state index in [1.807, 2.05) is 0 Å². The minimum atomic E-state index is -0.616. The third-order valence-corrected chi connectivity index (χ3v) is 1.93. The number of ether oxygens (including phenoxy) is 1. The van der Waals surface area contributed by atoms with Crippen LogP contribution in [-0.4, -0.2) is 12.0 Å². The van der Waals surface area contributed by atoms with E-state index in [1.165, 1.54) is 0 Å². The fraction of sp³-hybridized carbons (Fsp3) is 0.364. The van der Waals surface area contributed by atoms with Gasteiger partial charge in [-0.15, -0.1) is 12.4 Å². The van der Waals surface area contributed by atoms with Crippen LogP contribution in [-0.2, 0) is 22.8 Å². The lowest BCUT2D eigenvalue weighted by atomic mass is 10.1. The lowest BCUT2D eigenvalue weighted by Gasteiger charge is -2.07. The van der Waals surface area contributed by atoms with Crippen molar-refractivity contribution in [3.8, 4) is 0 Å². The highest BCUT2D eigenvalue weighted by atomic mass is 35.5. The van der Waals surface area contributed by atoms with Crippen LogP contribution in [0.4, 0.5) is 4.39 Å². The minimum Gasteiger partial charge on any atom is -0.460 e. The molecule has 0 aromatic heterocycles. The van der Waals surface area contributed by atoms with Crippen LogP contribution >= 0.6 is 12.4 Å². The van der Waals surface area contributed by atoms with Crippen LogP contribution in [0.15, 0.2) is 24.3 Å². The summed E-state index contributed by atoms with van der Waals surface area (Å²) in [4.78, 5) is 11.0. The van der Waals surface area contributed by atoms with Crippen molar-refractivity contribution in [3.63, 3.8) is 0 Å². The van der Waals surface area contributed by atoms with E-state index in [0.29, 0.717) is 5.56 Å². The Morgan fingerprint density at radius 1 is 1.38 bits per heavy atom. The SMILES string of the molecule is C[C@H](N)C(=O)OCc1ccc(CF)cc1.Cl. The van der Waals surface area contributed by atoms with Gasteiger partial charge in [-0.3, -0.25) is 4.79 Å². The highest BCUT2D eigenvalue weighted by molar-refractivity contribution is 5.85. The molecule has 0 spiro atoms. The second-order valence-electron chi connectivity index (χ2n) is 3.35. The molecule has 1 aromatic carbocycles. The number of alkyl halides is 1. The van der Waals surface area contributed by atoms with Crippen molar-refractivity contribution in [2.75, 3.05) is 0 Å². The molecular formula is C11H15ClFNO2. The van der Waals surface area contributed by atoms with E-state index in [4.69, 9.17) is 10.5 Å². The summed E-state index contributed by atoms with van der Waals surface area (Å²) >= 11 is 0. The Kier molecular flexibility index (Phi) is 6.69. The quantitative estimate of drug-likeness (QED) is 0.828. The van der Waals surface area contributed by atoms with Crippen molar-refractivity contribution in [1.29, 1.82) is 0 Å². The van der Waals surface area contributed by atoms with Gasteiger partial charge in [0.2, 0.25) is 0 Å². The Morgan fingerprint density at radius 2 is 1.88 bits per heavy atom. The van der Waals surface area contributed by atoms with E-state index in [1.54, 1.807) is 31.2 Å². The predicted molar refractivity (Wildman–Crippen MR) is 61.9 cm³/mol. The molecule has 5 heteroatoms. The highest BCUT2D eigenvalue weighted by Gasteiger charge is 2.08. The molecule has 0 saturated carbocycles. The van der Waals surface area contributed by atoms with Gasteiger partial charge in [0.15, 0.2) is 0 Å². The summed E-state index contributed by atoms with van der Waals surface area (Å²) in [6.45, 7) is 1.25. The average molecular weight is 248 g/mol. The molecule has 1 aromatic rings. The van der Waals surface area contributed by atoms with Crippen LogP contribution in [0.25, 0.3) is 0 Å². The third kappa shape index (κ3) is 4.59. The molecule has 0 fully saturated rings. The summed E-state index contributed by atoms with van der Waals surface area (Å²) in [5.74, 6) is -0.440. The van der Waals surface area contributed by atoms with E-state index in [0.717, 1.165) is 5.56 Å². The van der Waals surface area contributed by atoms with E-state index in [2.05, 4.69) is 0 Å². The molecule has 1 rings (SSSR count). The zero-order valence-corrected chi connectivity index (χ0v) is 9.80. The largest absolute Gasteiger partial charge is 0.460 e. The predicted octanol–water partition coefficient (Wildman–Crippen LogP) is 1.97. The van der Waals surface area contributed by atoms with Crippen molar-refractivity contribution < 1.29 is 13.9 Å². The summed E-state index contributed by atoms with van der Waals surface area (Å²) in [7, 11) is 0. The molecule has 0 bridgehead atoms. The molecule has 0 amide bonds. The smallest absolute Gasteiger partial charge is 0.322 e. The van der Waals surface area contributed by atoms with Gasteiger partial charge in [-0.1, -0.05) is 24.3 Å². The van der Waals surface area contributed by atoms with Crippen LogP contribution in [0, 0.1) is 0 Å². The lowest BCUT2D eigenvalue weighted by Crippen LogP contribution is -2.28. The summed E-state index contributed by atoms with van der Waals surface area (Å²) in [6, 6.07) is 6.16. The first-order chi connectivity index (χ1) is 7.13. The van der Waals surface area contributed by atoms with Crippen molar-refractivity contribution in [1.82, 2.24) is 0 Å². The number of nitrogens with two attached hydrogens (primary N) is 1. The maximum atomic E-state index is 12.2. The molecular weight excluding hydrogens is 233 g/mol. The maximum Gasteiger partial charge on any atom is 0.322 e. The number of esters is 1. The monoisotopic (exact) mass is 247 g/mol. The van der Waals surface area contributed by atoms with Gasteiger partial charge in [-0.05, 0) is 18.1 Å². The fourth-order valence-electron chi connectivity index (χ4n) is 1.01. The van der Waals surface area contributed by atoms with Gasteiger partial charge in [0, 0.05) is 0 Å². The lowest BCUT2D eigenvalue weighted by molar-refractivity contribution is -0.146. The molecule has 0 radical (unpaired) electrons. The van der Waals surface area contributed by atoms with Crippen LogP contribution in [0.1, 0.15) is 18.1 Å². The van der Waals surface area contributed by atoms with Gasteiger partial charge in [0.1, 0.15) is 19.3 Å². The molecule has 1 atom stereocenters. The van der Waals surface area contributed by atoms with Crippen LogP contribution in [0.2, 0.25) is 0 Å². The molecule has 0 heterocycles. The van der Waals surface area contributed by atoms with E-state index in [-0.39, 0.29) is 19.0 Å². The normalized spacial score (nSPS) is 11.4. The van der Waals surface area contributed by atoms with Crippen molar-refractivity contribution >= 4 is 18.4 Å². The summed E-state index contributed by atoms with van der Waals surface area (Å²) in [6.07, 6.45) is 0. The second kappa shape index (κ2) is 7.19. The summed E-state index contributed by atoms with van der Waals surface area (Å²) in [5, 5.41) is 0. The van der Waals surface area contributed by atoms with Crippen LogP contribution < -0.4 is 5.73 Å². The molecule has 0 unspecified atom stereocenters. The molecule has 0 aliphatic heterocycles. The van der Waals surface area contributed by atoms with Gasteiger partial charge >= 0.3 is 5.97 Å². The first-order valence-corrected chi connectivity index (χ1v) is 4.69. The summed E-state index contributed by atoms with van der Waals surface area (Å²) in [5.41, 5.74) is 6.75. The molecule has 0 saturated heterocycles. The number of hydrogen-bond acceptors (Lipinski definition) is 3. The van der Waals surface area contributed by atoms with Gasteiger partial charge in [-0.2, -0.15) is 0 Å². The Bertz CT molecular complexity index is 327. The molecule has 2 N–H and O–H groups in total. The molecule has 0 aliphatic carbocycles. The fourth-order valence-corrected chi connectivity index (χ4v) is 1.01. The summed E-state index contributed by atoms with van der Waals surface area (Å²) < 4.78 is 17.1. The maximum absolute atomic E-state index is 12.2. The van der Waals surface area contributed by atoms with Gasteiger partial charge in [0.05, 0.1) is 0 Å². The number of hydrogen-bond donors (Lipinski definition) is 1. The first kappa shape index (κ1) is 14.9. The highest BCUT2D eigenvalue weighted by Crippen LogP contribution is 2.07. The molecule has 16 heavy (non-hydrogen) atoms. The van der Waals surface area contributed by atoms with E-state index < -0.39 is 18.7 Å². The zero-order chi connectivity index (χ0) is 11.3. The third-order valence-electron chi connectivity index (χ3n) is 1.93. The molecule has 0 aliphatic rings. The number of carbonyl (C=O) groups is 1. The van der Waals surface area contributed by atoms with Crippen molar-refractivity contribution in [2.45, 2.75) is 26.2 Å². The van der Waals surface area contributed by atoms with Gasteiger partial charge in [-0.25, -0.2) is 4.39 Å². The molecule has 90 valence electrons. The van der Waals surface area contributed by atoms with E-state index in [9.17, 15) is 9.18 Å². The van der Waals surface area contributed by atoms with Gasteiger partial charge < -0.3 is 10.5 Å². The number of rotatable bonds is 4. The molecule has 3 nitrogen and oxygen atoms in total.